The third-order valence-electron chi connectivity index (χ3n) is 4.46. The van der Waals surface area contributed by atoms with Crippen molar-refractivity contribution in [1.82, 2.24) is 10.2 Å². The predicted molar refractivity (Wildman–Crippen MR) is 83.0 cm³/mol. The first-order chi connectivity index (χ1) is 10.8. The lowest BCUT2D eigenvalue weighted by molar-refractivity contribution is -0.138. The largest absolute Gasteiger partial charge is 0.416 e. The number of carbonyl (C=O) groups is 1. The SMILES string of the molecule is CNC1CCN(C(=O)C(C)Cc2ccc(C(F)(F)F)cc2)CC1. The molecule has 1 N–H and O–H groups in total. The summed E-state index contributed by atoms with van der Waals surface area (Å²) in [5, 5.41) is 3.22. The molecule has 1 saturated heterocycles. The lowest BCUT2D eigenvalue weighted by atomic mass is 9.97. The highest BCUT2D eigenvalue weighted by Gasteiger charge is 2.30. The molecule has 23 heavy (non-hydrogen) atoms. The average Bonchev–Trinajstić information content (AvgIpc) is 2.54. The van der Waals surface area contributed by atoms with Gasteiger partial charge in [0.25, 0.3) is 0 Å². The molecule has 1 heterocycles. The van der Waals surface area contributed by atoms with Gasteiger partial charge in [-0.25, -0.2) is 0 Å². The maximum atomic E-state index is 12.5. The number of hydrogen-bond donors (Lipinski definition) is 1. The van der Waals surface area contributed by atoms with Gasteiger partial charge in [0, 0.05) is 25.0 Å². The molecule has 1 fully saturated rings. The molecule has 0 aromatic heterocycles. The number of benzene rings is 1. The number of rotatable bonds is 4. The predicted octanol–water partition coefficient (Wildman–Crippen LogP) is 3.09. The molecule has 1 aromatic rings. The zero-order valence-corrected chi connectivity index (χ0v) is 13.5. The van der Waals surface area contributed by atoms with Crippen LogP contribution in [0.5, 0.6) is 0 Å². The molecule has 6 heteroatoms. The minimum atomic E-state index is -4.32. The van der Waals surface area contributed by atoms with Gasteiger partial charge in [-0.15, -0.1) is 0 Å². The van der Waals surface area contributed by atoms with E-state index < -0.39 is 11.7 Å². The van der Waals surface area contributed by atoms with Crippen LogP contribution in [0.4, 0.5) is 13.2 Å². The molecule has 1 aromatic carbocycles. The fourth-order valence-corrected chi connectivity index (χ4v) is 2.97. The van der Waals surface area contributed by atoms with Crippen LogP contribution in [0, 0.1) is 5.92 Å². The quantitative estimate of drug-likeness (QED) is 0.921. The number of alkyl halides is 3. The second-order valence-electron chi connectivity index (χ2n) is 6.19. The highest BCUT2D eigenvalue weighted by Crippen LogP contribution is 2.29. The van der Waals surface area contributed by atoms with E-state index in [2.05, 4.69) is 5.32 Å². The fourth-order valence-electron chi connectivity index (χ4n) is 2.97. The Morgan fingerprint density at radius 2 is 1.83 bits per heavy atom. The minimum absolute atomic E-state index is 0.0828. The van der Waals surface area contributed by atoms with Gasteiger partial charge in [0.05, 0.1) is 5.56 Å². The summed E-state index contributed by atoms with van der Waals surface area (Å²) in [5.41, 5.74) is 0.0957. The summed E-state index contributed by atoms with van der Waals surface area (Å²) in [5.74, 6) is -0.141. The summed E-state index contributed by atoms with van der Waals surface area (Å²) in [6.45, 7) is 3.31. The normalized spacial score (nSPS) is 18.0. The van der Waals surface area contributed by atoms with E-state index in [9.17, 15) is 18.0 Å². The van der Waals surface area contributed by atoms with E-state index in [1.807, 2.05) is 18.9 Å². The lowest BCUT2D eigenvalue weighted by Gasteiger charge is -2.33. The zero-order valence-electron chi connectivity index (χ0n) is 13.5. The second kappa shape index (κ2) is 7.34. The van der Waals surface area contributed by atoms with Crippen LogP contribution in [-0.2, 0) is 17.4 Å². The van der Waals surface area contributed by atoms with Gasteiger partial charge in [0.1, 0.15) is 0 Å². The molecular weight excluding hydrogens is 305 g/mol. The van der Waals surface area contributed by atoms with Crippen molar-refractivity contribution in [2.75, 3.05) is 20.1 Å². The Kier molecular flexibility index (Phi) is 5.68. The summed E-state index contributed by atoms with van der Waals surface area (Å²) >= 11 is 0. The van der Waals surface area contributed by atoms with Crippen molar-refractivity contribution < 1.29 is 18.0 Å². The van der Waals surface area contributed by atoms with Crippen LogP contribution in [0.15, 0.2) is 24.3 Å². The molecule has 3 nitrogen and oxygen atoms in total. The van der Waals surface area contributed by atoms with Crippen LogP contribution >= 0.6 is 0 Å². The molecule has 1 atom stereocenters. The van der Waals surface area contributed by atoms with E-state index >= 15 is 0 Å². The third kappa shape index (κ3) is 4.70. The first kappa shape index (κ1) is 17.8. The van der Waals surface area contributed by atoms with Crippen molar-refractivity contribution in [2.24, 2.45) is 5.92 Å². The van der Waals surface area contributed by atoms with Gasteiger partial charge in [-0.2, -0.15) is 13.2 Å². The summed E-state index contributed by atoms with van der Waals surface area (Å²) in [7, 11) is 1.93. The van der Waals surface area contributed by atoms with E-state index in [0.717, 1.165) is 43.6 Å². The van der Waals surface area contributed by atoms with E-state index in [-0.39, 0.29) is 11.8 Å². The maximum Gasteiger partial charge on any atom is 0.416 e. The molecule has 0 radical (unpaired) electrons. The van der Waals surface area contributed by atoms with Gasteiger partial charge in [-0.1, -0.05) is 19.1 Å². The van der Waals surface area contributed by atoms with Gasteiger partial charge in [-0.05, 0) is 44.0 Å². The lowest BCUT2D eigenvalue weighted by Crippen LogP contribution is -2.45. The zero-order chi connectivity index (χ0) is 17.0. The van der Waals surface area contributed by atoms with Gasteiger partial charge < -0.3 is 10.2 Å². The van der Waals surface area contributed by atoms with Crippen molar-refractivity contribution in [3.8, 4) is 0 Å². The number of amides is 1. The Morgan fingerprint density at radius 3 is 2.30 bits per heavy atom. The molecule has 0 spiro atoms. The maximum absolute atomic E-state index is 12.5. The summed E-state index contributed by atoms with van der Waals surface area (Å²) in [4.78, 5) is 14.3. The van der Waals surface area contributed by atoms with Gasteiger partial charge >= 0.3 is 6.18 Å². The first-order valence-electron chi connectivity index (χ1n) is 7.93. The highest BCUT2D eigenvalue weighted by atomic mass is 19.4. The standard InChI is InChI=1S/C17H23F3N2O/c1-12(16(23)22-9-7-15(21-2)8-10-22)11-13-3-5-14(6-4-13)17(18,19)20/h3-6,12,15,21H,7-11H2,1-2H3. The van der Waals surface area contributed by atoms with E-state index in [0.29, 0.717) is 12.5 Å². The van der Waals surface area contributed by atoms with Crippen molar-refractivity contribution in [2.45, 2.75) is 38.4 Å². The van der Waals surface area contributed by atoms with Gasteiger partial charge in [0.2, 0.25) is 5.91 Å². The van der Waals surface area contributed by atoms with Crippen LogP contribution in [0.3, 0.4) is 0 Å². The van der Waals surface area contributed by atoms with E-state index in [1.165, 1.54) is 12.1 Å². The second-order valence-corrected chi connectivity index (χ2v) is 6.19. The average molecular weight is 328 g/mol. The number of nitrogens with one attached hydrogen (secondary N) is 1. The van der Waals surface area contributed by atoms with E-state index in [1.54, 1.807) is 0 Å². The Hall–Kier alpha value is -1.56. The van der Waals surface area contributed by atoms with Crippen LogP contribution < -0.4 is 5.32 Å². The molecule has 1 amide bonds. The fraction of sp³-hybridized carbons (Fsp3) is 0.588. The van der Waals surface area contributed by atoms with Gasteiger partial charge in [0.15, 0.2) is 0 Å². The molecular formula is C17H23F3N2O. The first-order valence-corrected chi connectivity index (χ1v) is 7.93. The van der Waals surface area contributed by atoms with E-state index in [4.69, 9.17) is 0 Å². The van der Waals surface area contributed by atoms with Crippen molar-refractivity contribution in [1.29, 1.82) is 0 Å². The van der Waals surface area contributed by atoms with Gasteiger partial charge in [-0.3, -0.25) is 4.79 Å². The Bertz CT molecular complexity index is 520. The van der Waals surface area contributed by atoms with Crippen LogP contribution in [-0.4, -0.2) is 37.0 Å². The molecule has 0 bridgehead atoms. The molecule has 0 saturated carbocycles. The van der Waals surface area contributed by atoms with Crippen molar-refractivity contribution in [3.63, 3.8) is 0 Å². The number of likely N-dealkylation sites (tertiary alicyclic amines) is 1. The van der Waals surface area contributed by atoms with Crippen LogP contribution in [0.2, 0.25) is 0 Å². The number of hydrogen-bond acceptors (Lipinski definition) is 2. The Morgan fingerprint density at radius 1 is 1.26 bits per heavy atom. The molecule has 1 aliphatic rings. The number of carbonyl (C=O) groups excluding carboxylic acids is 1. The molecule has 2 rings (SSSR count). The number of nitrogens with zero attached hydrogens (tertiary/aromatic N) is 1. The number of piperidine rings is 1. The number of halogens is 3. The summed E-state index contributed by atoms with van der Waals surface area (Å²) in [6, 6.07) is 5.53. The minimum Gasteiger partial charge on any atom is -0.342 e. The van der Waals surface area contributed by atoms with Crippen molar-refractivity contribution in [3.05, 3.63) is 35.4 Å². The Labute approximate surface area is 134 Å². The molecule has 1 unspecified atom stereocenters. The summed E-state index contributed by atoms with van der Waals surface area (Å²) in [6.07, 6.45) is -1.98. The molecule has 1 aliphatic heterocycles. The topological polar surface area (TPSA) is 32.3 Å². The van der Waals surface area contributed by atoms with Crippen LogP contribution in [0.25, 0.3) is 0 Å². The Balaban J connectivity index is 1.91. The highest BCUT2D eigenvalue weighted by molar-refractivity contribution is 5.78. The molecule has 128 valence electrons. The monoisotopic (exact) mass is 328 g/mol. The smallest absolute Gasteiger partial charge is 0.342 e. The molecule has 0 aliphatic carbocycles. The van der Waals surface area contributed by atoms with Crippen LogP contribution in [0.1, 0.15) is 30.9 Å². The summed E-state index contributed by atoms with van der Waals surface area (Å²) < 4.78 is 37.6. The third-order valence-corrected chi connectivity index (χ3v) is 4.46. The van der Waals surface area contributed by atoms with Crippen molar-refractivity contribution >= 4 is 5.91 Å².